The van der Waals surface area contributed by atoms with Gasteiger partial charge < -0.3 is 4.57 Å². The fourth-order valence-corrected chi connectivity index (χ4v) is 12.7. The molecule has 9 aromatic carbocycles. The first-order valence-electron chi connectivity index (χ1n) is 22.4. The maximum absolute atomic E-state index is 2.51. The molecule has 2 heterocycles. The van der Waals surface area contributed by atoms with Crippen molar-refractivity contribution in [3.63, 3.8) is 0 Å². The van der Waals surface area contributed by atoms with Crippen molar-refractivity contribution in [3.05, 3.63) is 222 Å². The summed E-state index contributed by atoms with van der Waals surface area (Å²) in [7, 11) is 0. The van der Waals surface area contributed by atoms with Crippen molar-refractivity contribution >= 4 is 53.3 Å². The average Bonchev–Trinajstić information content (AvgIpc) is 3.92. The van der Waals surface area contributed by atoms with Gasteiger partial charge in [-0.15, -0.1) is 11.3 Å². The molecule has 0 saturated heterocycles. The first-order valence-corrected chi connectivity index (χ1v) is 23.2. The van der Waals surface area contributed by atoms with E-state index in [1.165, 1.54) is 120 Å². The number of nitrogens with zero attached hydrogens (tertiary/aromatic N) is 1. The van der Waals surface area contributed by atoms with E-state index in [1.54, 1.807) is 0 Å². The highest BCUT2D eigenvalue weighted by Gasteiger charge is 2.35. The van der Waals surface area contributed by atoms with Crippen LogP contribution in [0, 0.1) is 0 Å². The Morgan fingerprint density at radius 3 is 2.05 bits per heavy atom. The fraction of sp³-hybridized carbons (Fsp3) is 0.115. The molecule has 2 heteroatoms. The lowest BCUT2D eigenvalue weighted by Gasteiger charge is -2.24. The number of hydrogen-bond acceptors (Lipinski definition) is 1. The first kappa shape index (κ1) is 36.6. The van der Waals surface area contributed by atoms with Crippen molar-refractivity contribution in [1.29, 1.82) is 0 Å². The Bertz CT molecular complexity index is 3650. The highest BCUT2D eigenvalue weighted by atomic mass is 32.1. The molecule has 0 bridgehead atoms. The third kappa shape index (κ3) is 5.47. The third-order valence-electron chi connectivity index (χ3n) is 14.7. The Morgan fingerprint density at radius 2 is 1.16 bits per heavy atom. The summed E-state index contributed by atoms with van der Waals surface area (Å²) in [5, 5.41) is 5.15. The molecule has 2 aromatic heterocycles. The molecule has 2 unspecified atom stereocenters. The minimum Gasteiger partial charge on any atom is -0.309 e. The monoisotopic (exact) mass is 823 g/mol. The number of aromatic nitrogens is 1. The molecule has 13 rings (SSSR count). The molecule has 1 nitrogen and oxygen atoms in total. The van der Waals surface area contributed by atoms with Gasteiger partial charge in [-0.25, -0.2) is 0 Å². The molecule has 0 radical (unpaired) electrons. The van der Waals surface area contributed by atoms with E-state index in [9.17, 15) is 0 Å². The van der Waals surface area contributed by atoms with Crippen molar-refractivity contribution < 1.29 is 0 Å². The van der Waals surface area contributed by atoms with Crippen LogP contribution in [0.4, 0.5) is 0 Å². The number of thiophene rings is 1. The van der Waals surface area contributed by atoms with Gasteiger partial charge in [0.2, 0.25) is 0 Å². The van der Waals surface area contributed by atoms with Gasteiger partial charge in [-0.3, -0.25) is 0 Å². The smallest absolute Gasteiger partial charge is 0.0541 e. The second kappa shape index (κ2) is 13.8. The van der Waals surface area contributed by atoms with Crippen molar-refractivity contribution in [1.82, 2.24) is 4.57 Å². The highest BCUT2D eigenvalue weighted by molar-refractivity contribution is 7.26. The molecule has 0 saturated carbocycles. The van der Waals surface area contributed by atoms with Crippen LogP contribution < -0.4 is 0 Å². The second-order valence-corrected chi connectivity index (χ2v) is 19.5. The van der Waals surface area contributed by atoms with Gasteiger partial charge in [0, 0.05) is 47.6 Å². The number of rotatable bonds is 4. The number of hydrogen-bond donors (Lipinski definition) is 0. The summed E-state index contributed by atoms with van der Waals surface area (Å²) in [6.45, 7) is 7.19. The molecule has 300 valence electrons. The Hall–Kier alpha value is -7.00. The SMILES string of the molecule is CC1c2ccc(-c3ccc4c(c3)c3ccccc3n4-c3cc(-c4ccc5c(c4)C(C)(C)c4ccccc4-5)c4sc5ccccc5c4c3)cc2-c2ccccc2CC1c1ccccc1. The van der Waals surface area contributed by atoms with Crippen molar-refractivity contribution in [2.45, 2.75) is 44.4 Å². The molecule has 2 aliphatic rings. The number of benzene rings is 9. The van der Waals surface area contributed by atoms with Crippen LogP contribution in [0.1, 0.15) is 60.4 Å². The molecular weight excluding hydrogens is 779 g/mol. The van der Waals surface area contributed by atoms with Crippen LogP contribution in [-0.2, 0) is 11.8 Å². The van der Waals surface area contributed by atoms with Crippen molar-refractivity contribution in [2.24, 2.45) is 0 Å². The quantitative estimate of drug-likeness (QED) is 0.167. The minimum atomic E-state index is -0.0765. The normalized spacial score (nSPS) is 16.2. The van der Waals surface area contributed by atoms with Crippen LogP contribution in [0.2, 0.25) is 0 Å². The molecule has 2 aliphatic carbocycles. The van der Waals surface area contributed by atoms with Crippen LogP contribution in [-0.4, -0.2) is 4.57 Å². The fourth-order valence-electron chi connectivity index (χ4n) is 11.5. The molecule has 2 atom stereocenters. The summed E-state index contributed by atoms with van der Waals surface area (Å²) >= 11 is 1.91. The summed E-state index contributed by atoms with van der Waals surface area (Å²) in [6, 6.07) is 73.6. The van der Waals surface area contributed by atoms with Crippen LogP contribution >= 0.6 is 11.3 Å². The summed E-state index contributed by atoms with van der Waals surface area (Å²) in [6.07, 6.45) is 1.03. The average molecular weight is 824 g/mol. The Balaban J connectivity index is 0.985. The maximum Gasteiger partial charge on any atom is 0.0541 e. The van der Waals surface area contributed by atoms with Gasteiger partial charge >= 0.3 is 0 Å². The second-order valence-electron chi connectivity index (χ2n) is 18.5. The van der Waals surface area contributed by atoms with Gasteiger partial charge in [-0.05, 0) is 134 Å². The zero-order chi connectivity index (χ0) is 42.0. The van der Waals surface area contributed by atoms with E-state index in [0.29, 0.717) is 11.8 Å². The lowest BCUT2D eigenvalue weighted by atomic mass is 9.80. The van der Waals surface area contributed by atoms with Crippen LogP contribution in [0.5, 0.6) is 0 Å². The topological polar surface area (TPSA) is 4.93 Å². The number of fused-ring (bicyclic) bond motifs is 12. The Labute approximate surface area is 372 Å². The van der Waals surface area contributed by atoms with Gasteiger partial charge in [0.15, 0.2) is 0 Å². The van der Waals surface area contributed by atoms with Gasteiger partial charge in [0.25, 0.3) is 0 Å². The van der Waals surface area contributed by atoms with Crippen LogP contribution in [0.15, 0.2) is 194 Å². The van der Waals surface area contributed by atoms with Gasteiger partial charge in [-0.2, -0.15) is 0 Å². The molecule has 0 aliphatic heterocycles. The predicted octanol–water partition coefficient (Wildman–Crippen LogP) is 16.9. The molecule has 0 amide bonds. The lowest BCUT2D eigenvalue weighted by molar-refractivity contribution is 0.579. The predicted molar refractivity (Wildman–Crippen MR) is 269 cm³/mol. The van der Waals surface area contributed by atoms with Gasteiger partial charge in [0.05, 0.1) is 11.0 Å². The molecule has 11 aromatic rings. The van der Waals surface area contributed by atoms with Gasteiger partial charge in [-0.1, -0.05) is 166 Å². The summed E-state index contributed by atoms with van der Waals surface area (Å²) in [4.78, 5) is 0. The van der Waals surface area contributed by atoms with E-state index in [4.69, 9.17) is 0 Å². The summed E-state index contributed by atoms with van der Waals surface area (Å²) in [5.74, 6) is 0.798. The zero-order valence-electron chi connectivity index (χ0n) is 35.7. The molecule has 0 N–H and O–H groups in total. The van der Waals surface area contributed by atoms with E-state index in [-0.39, 0.29) is 5.41 Å². The molecule has 0 spiro atoms. The highest BCUT2D eigenvalue weighted by Crippen LogP contribution is 2.52. The van der Waals surface area contributed by atoms with Crippen LogP contribution in [0.25, 0.3) is 92.2 Å². The number of para-hydroxylation sites is 1. The largest absolute Gasteiger partial charge is 0.309 e. The lowest BCUT2D eigenvalue weighted by Crippen LogP contribution is -2.14. The Morgan fingerprint density at radius 1 is 0.476 bits per heavy atom. The van der Waals surface area contributed by atoms with Crippen LogP contribution in [0.3, 0.4) is 0 Å². The Kier molecular flexibility index (Phi) is 8.00. The standard InChI is InChI=1S/C61H45NS/c1-37-44-28-25-39(31-52(44)45-18-8-7-17-41(45)33-50(37)38-15-5-4-6-16-38)40-27-30-58-53(32-40)48-20-10-13-23-57(48)62(58)43-35-51(60-54(36-43)49-21-11-14-24-59(49)63-60)42-26-29-47-46-19-9-12-22-55(46)61(2,3)56(47)34-42/h4-32,34-37,50H,33H2,1-3H3. The molecule has 63 heavy (non-hydrogen) atoms. The molecular formula is C61H45NS. The van der Waals surface area contributed by atoms with Crippen molar-refractivity contribution in [3.8, 4) is 50.2 Å². The molecule has 0 fully saturated rings. The van der Waals surface area contributed by atoms with E-state index >= 15 is 0 Å². The van der Waals surface area contributed by atoms with E-state index in [1.807, 2.05) is 11.3 Å². The van der Waals surface area contributed by atoms with E-state index in [2.05, 4.69) is 219 Å². The van der Waals surface area contributed by atoms with E-state index in [0.717, 1.165) is 6.42 Å². The van der Waals surface area contributed by atoms with Gasteiger partial charge in [0.1, 0.15) is 0 Å². The first-order chi connectivity index (χ1) is 30.9. The maximum atomic E-state index is 2.51. The summed E-state index contributed by atoms with van der Waals surface area (Å²) < 4.78 is 5.17. The van der Waals surface area contributed by atoms with Crippen molar-refractivity contribution in [2.75, 3.05) is 0 Å². The van der Waals surface area contributed by atoms with E-state index < -0.39 is 0 Å². The summed E-state index contributed by atoms with van der Waals surface area (Å²) in [5.41, 5.74) is 21.1. The minimum absolute atomic E-state index is 0.0765. The zero-order valence-corrected chi connectivity index (χ0v) is 36.5. The third-order valence-corrected chi connectivity index (χ3v) is 16.0.